The highest BCUT2D eigenvalue weighted by molar-refractivity contribution is 9.10. The van der Waals surface area contributed by atoms with Crippen molar-refractivity contribution in [3.8, 4) is 0 Å². The summed E-state index contributed by atoms with van der Waals surface area (Å²) >= 11 is 15.0. The molecular formula is C11H8BrCl2FN4. The van der Waals surface area contributed by atoms with Crippen molar-refractivity contribution in [1.29, 1.82) is 0 Å². The summed E-state index contributed by atoms with van der Waals surface area (Å²) in [6, 6.07) is 5.95. The van der Waals surface area contributed by atoms with Gasteiger partial charge in [0.05, 0.1) is 14.5 Å². The molecule has 0 aliphatic heterocycles. The van der Waals surface area contributed by atoms with Gasteiger partial charge in [-0.3, -0.25) is 0 Å². The molecule has 1 aromatic carbocycles. The number of anilines is 3. The molecule has 0 unspecified atom stereocenters. The number of nitrogens with two attached hydrogens (primary N) is 1. The van der Waals surface area contributed by atoms with Crippen molar-refractivity contribution in [2.24, 2.45) is 5.84 Å². The molecule has 8 heteroatoms. The fourth-order valence-electron chi connectivity index (χ4n) is 1.37. The maximum atomic E-state index is 13.1. The molecule has 19 heavy (non-hydrogen) atoms. The summed E-state index contributed by atoms with van der Waals surface area (Å²) in [5.74, 6) is 5.57. The molecule has 2 rings (SSSR count). The van der Waals surface area contributed by atoms with Crippen molar-refractivity contribution in [1.82, 2.24) is 4.98 Å². The molecule has 100 valence electrons. The second-order valence-corrected chi connectivity index (χ2v) is 5.22. The average molecular weight is 366 g/mol. The van der Waals surface area contributed by atoms with E-state index in [1.54, 1.807) is 12.1 Å². The van der Waals surface area contributed by atoms with Gasteiger partial charge in [0.2, 0.25) is 0 Å². The zero-order valence-electron chi connectivity index (χ0n) is 9.35. The van der Waals surface area contributed by atoms with Crippen LogP contribution in [0.1, 0.15) is 0 Å². The molecule has 2 aromatic rings. The monoisotopic (exact) mass is 364 g/mol. The van der Waals surface area contributed by atoms with E-state index in [-0.39, 0.29) is 11.6 Å². The Bertz CT molecular complexity index is 624. The van der Waals surface area contributed by atoms with Crippen molar-refractivity contribution in [2.75, 3.05) is 10.7 Å². The molecule has 0 atom stereocenters. The largest absolute Gasteiger partial charge is 0.339 e. The minimum Gasteiger partial charge on any atom is -0.339 e. The molecule has 0 bridgehead atoms. The molecule has 0 radical (unpaired) electrons. The minimum atomic E-state index is -0.356. The van der Waals surface area contributed by atoms with E-state index in [2.05, 4.69) is 31.7 Å². The van der Waals surface area contributed by atoms with Gasteiger partial charge in [0, 0.05) is 5.69 Å². The molecule has 0 saturated heterocycles. The van der Waals surface area contributed by atoms with E-state index in [1.807, 2.05) is 0 Å². The summed E-state index contributed by atoms with van der Waals surface area (Å²) in [5.41, 5.74) is 2.98. The molecule has 0 fully saturated rings. The topological polar surface area (TPSA) is 63.0 Å². The van der Waals surface area contributed by atoms with E-state index >= 15 is 0 Å². The molecule has 0 aliphatic rings. The molecule has 4 nitrogen and oxygen atoms in total. The third-order valence-electron chi connectivity index (χ3n) is 2.25. The number of nitrogens with one attached hydrogen (secondary N) is 2. The highest BCUT2D eigenvalue weighted by atomic mass is 79.9. The van der Waals surface area contributed by atoms with Crippen LogP contribution < -0.4 is 16.6 Å². The SMILES string of the molecule is NNc1nc(Nc2ccc(F)c(Br)c2)c(Cl)cc1Cl. The lowest BCUT2D eigenvalue weighted by molar-refractivity contribution is 0.621. The minimum absolute atomic E-state index is 0.287. The first-order valence-electron chi connectivity index (χ1n) is 5.06. The summed E-state index contributed by atoms with van der Waals surface area (Å²) in [4.78, 5) is 4.12. The lowest BCUT2D eigenvalue weighted by Gasteiger charge is -2.11. The van der Waals surface area contributed by atoms with Crippen LogP contribution in [0.25, 0.3) is 0 Å². The van der Waals surface area contributed by atoms with Crippen LogP contribution in [0, 0.1) is 5.82 Å². The zero-order valence-corrected chi connectivity index (χ0v) is 12.4. The Hall–Kier alpha value is -1.08. The summed E-state index contributed by atoms with van der Waals surface area (Å²) in [6.45, 7) is 0. The number of hydrazine groups is 1. The number of nitrogen functional groups attached to an aromatic ring is 1. The van der Waals surface area contributed by atoms with E-state index in [0.29, 0.717) is 26.0 Å². The van der Waals surface area contributed by atoms with Gasteiger partial charge in [0.25, 0.3) is 0 Å². The van der Waals surface area contributed by atoms with Crippen molar-refractivity contribution in [3.63, 3.8) is 0 Å². The molecule has 0 saturated carbocycles. The molecule has 4 N–H and O–H groups in total. The van der Waals surface area contributed by atoms with Gasteiger partial charge in [-0.25, -0.2) is 15.2 Å². The number of halogens is 4. The lowest BCUT2D eigenvalue weighted by atomic mass is 10.3. The Balaban J connectivity index is 2.34. The lowest BCUT2D eigenvalue weighted by Crippen LogP contribution is -2.10. The predicted molar refractivity (Wildman–Crippen MR) is 79.4 cm³/mol. The van der Waals surface area contributed by atoms with E-state index in [1.165, 1.54) is 12.1 Å². The molecular weight excluding hydrogens is 358 g/mol. The summed E-state index contributed by atoms with van der Waals surface area (Å²) in [6.07, 6.45) is 0. The highest BCUT2D eigenvalue weighted by Gasteiger charge is 2.09. The molecule has 0 amide bonds. The van der Waals surface area contributed by atoms with Crippen molar-refractivity contribution in [2.45, 2.75) is 0 Å². The second-order valence-electron chi connectivity index (χ2n) is 3.55. The summed E-state index contributed by atoms with van der Waals surface area (Å²) in [5, 5.41) is 3.58. The average Bonchev–Trinajstić information content (AvgIpc) is 2.37. The fraction of sp³-hybridized carbons (Fsp3) is 0. The van der Waals surface area contributed by atoms with Gasteiger partial charge >= 0.3 is 0 Å². The van der Waals surface area contributed by atoms with Gasteiger partial charge in [-0.15, -0.1) is 0 Å². The van der Waals surface area contributed by atoms with Crippen LogP contribution in [0.5, 0.6) is 0 Å². The first-order valence-corrected chi connectivity index (χ1v) is 6.61. The van der Waals surface area contributed by atoms with Crippen LogP contribution in [0.4, 0.5) is 21.7 Å². The van der Waals surface area contributed by atoms with Gasteiger partial charge in [0.15, 0.2) is 11.6 Å². The molecule has 1 heterocycles. The van der Waals surface area contributed by atoms with Gasteiger partial charge in [-0.05, 0) is 40.2 Å². The molecule has 1 aromatic heterocycles. The van der Waals surface area contributed by atoms with E-state index in [0.717, 1.165) is 0 Å². The number of hydrogen-bond donors (Lipinski definition) is 3. The Morgan fingerprint density at radius 1 is 1.16 bits per heavy atom. The van der Waals surface area contributed by atoms with Crippen LogP contribution in [-0.4, -0.2) is 4.98 Å². The van der Waals surface area contributed by atoms with Gasteiger partial charge in [-0.2, -0.15) is 0 Å². The van der Waals surface area contributed by atoms with Crippen molar-refractivity contribution in [3.05, 3.63) is 44.6 Å². The Morgan fingerprint density at radius 2 is 1.84 bits per heavy atom. The first kappa shape index (κ1) is 14.3. The van der Waals surface area contributed by atoms with Crippen molar-refractivity contribution < 1.29 is 4.39 Å². The smallest absolute Gasteiger partial charge is 0.161 e. The van der Waals surface area contributed by atoms with Crippen LogP contribution in [0.2, 0.25) is 10.0 Å². The standard InChI is InChI=1S/C11H8BrCl2FN4/c12-6-3-5(1-2-9(6)15)17-10-7(13)4-8(14)11(18-10)19-16/h1-4H,16H2,(H2,17,18,19). The number of hydrogen-bond acceptors (Lipinski definition) is 4. The zero-order chi connectivity index (χ0) is 14.0. The highest BCUT2D eigenvalue weighted by Crippen LogP contribution is 2.31. The third kappa shape index (κ3) is 3.27. The number of aromatic nitrogens is 1. The number of nitrogens with zero attached hydrogens (tertiary/aromatic N) is 1. The molecule has 0 spiro atoms. The summed E-state index contributed by atoms with van der Waals surface area (Å²) < 4.78 is 13.5. The Labute approximate surface area is 127 Å². The van der Waals surface area contributed by atoms with Gasteiger partial charge < -0.3 is 10.7 Å². The van der Waals surface area contributed by atoms with E-state index in [4.69, 9.17) is 29.0 Å². The second kappa shape index (κ2) is 5.92. The third-order valence-corrected chi connectivity index (χ3v) is 3.43. The quantitative estimate of drug-likeness (QED) is 0.560. The predicted octanol–water partition coefficient (Wildman–Crippen LogP) is 4.32. The van der Waals surface area contributed by atoms with Gasteiger partial charge in [-0.1, -0.05) is 23.2 Å². The number of benzene rings is 1. The van der Waals surface area contributed by atoms with E-state index in [9.17, 15) is 4.39 Å². The van der Waals surface area contributed by atoms with Crippen LogP contribution >= 0.6 is 39.1 Å². The van der Waals surface area contributed by atoms with Crippen LogP contribution in [-0.2, 0) is 0 Å². The first-order chi connectivity index (χ1) is 9.01. The summed E-state index contributed by atoms with van der Waals surface area (Å²) in [7, 11) is 0. The van der Waals surface area contributed by atoms with Crippen LogP contribution in [0.15, 0.2) is 28.7 Å². The Kier molecular flexibility index (Phi) is 4.46. The van der Waals surface area contributed by atoms with Gasteiger partial charge in [0.1, 0.15) is 5.82 Å². The Morgan fingerprint density at radius 3 is 2.47 bits per heavy atom. The maximum absolute atomic E-state index is 13.1. The number of rotatable bonds is 3. The van der Waals surface area contributed by atoms with Crippen molar-refractivity contribution >= 4 is 56.5 Å². The normalized spacial score (nSPS) is 10.4. The molecule has 0 aliphatic carbocycles. The van der Waals surface area contributed by atoms with E-state index < -0.39 is 0 Å². The van der Waals surface area contributed by atoms with Crippen LogP contribution in [0.3, 0.4) is 0 Å². The maximum Gasteiger partial charge on any atom is 0.161 e. The fourth-order valence-corrected chi connectivity index (χ4v) is 2.21. The number of pyridine rings is 1.